The highest BCUT2D eigenvalue weighted by Gasteiger charge is 2.76. The van der Waals surface area contributed by atoms with Crippen molar-refractivity contribution in [3.05, 3.63) is 23.3 Å². The molecule has 0 radical (unpaired) electrons. The van der Waals surface area contributed by atoms with Gasteiger partial charge in [-0.25, -0.2) is 0 Å². The van der Waals surface area contributed by atoms with Gasteiger partial charge in [-0.1, -0.05) is 13.8 Å². The van der Waals surface area contributed by atoms with Gasteiger partial charge in [0.2, 0.25) is 0 Å². The van der Waals surface area contributed by atoms with Crippen molar-refractivity contribution in [3.63, 3.8) is 0 Å². The standard InChI is InChI=1S/C21H27NO5/c1-19(2)20(3)7-8-21(19,27-18(20)24)17(23)22-9-6-13-10-15(25-4)16(26-5)11-14(13)12-22/h10-11H,6-9,12H2,1-5H3/t20-,21+/m0/s1. The fraction of sp³-hybridized carbons (Fsp3) is 0.619. The summed E-state index contributed by atoms with van der Waals surface area (Å²) in [6.07, 6.45) is 2.03. The fourth-order valence-corrected chi connectivity index (χ4v) is 5.03. The molecule has 1 aliphatic carbocycles. The van der Waals surface area contributed by atoms with Crippen LogP contribution in [0.25, 0.3) is 0 Å². The summed E-state index contributed by atoms with van der Waals surface area (Å²) in [5.74, 6) is 1.05. The van der Waals surface area contributed by atoms with Gasteiger partial charge < -0.3 is 19.1 Å². The number of esters is 1. The molecule has 0 unspecified atom stereocenters. The molecule has 1 saturated heterocycles. The van der Waals surface area contributed by atoms with E-state index in [1.165, 1.54) is 0 Å². The molecule has 2 bridgehead atoms. The molecule has 1 aromatic carbocycles. The zero-order valence-electron chi connectivity index (χ0n) is 16.7. The van der Waals surface area contributed by atoms with Crippen LogP contribution in [0.15, 0.2) is 12.1 Å². The van der Waals surface area contributed by atoms with Gasteiger partial charge in [-0.05, 0) is 49.4 Å². The first kappa shape index (κ1) is 18.1. The van der Waals surface area contributed by atoms with Crippen LogP contribution in [0.5, 0.6) is 11.5 Å². The number of carbonyl (C=O) groups excluding carboxylic acids is 2. The second kappa shape index (κ2) is 5.63. The molecule has 1 amide bonds. The quantitative estimate of drug-likeness (QED) is 0.762. The van der Waals surface area contributed by atoms with Crippen molar-refractivity contribution in [3.8, 4) is 11.5 Å². The van der Waals surface area contributed by atoms with E-state index < -0.39 is 16.4 Å². The van der Waals surface area contributed by atoms with E-state index in [0.717, 1.165) is 17.5 Å². The minimum absolute atomic E-state index is 0.0671. The molecule has 0 spiro atoms. The molecule has 0 aromatic heterocycles. The lowest BCUT2D eigenvalue weighted by molar-refractivity contribution is -0.174. The summed E-state index contributed by atoms with van der Waals surface area (Å²) in [7, 11) is 3.23. The summed E-state index contributed by atoms with van der Waals surface area (Å²) in [6.45, 7) is 7.01. The third-order valence-electron chi connectivity index (χ3n) is 7.43. The Labute approximate surface area is 159 Å². The van der Waals surface area contributed by atoms with E-state index in [1.807, 2.05) is 37.8 Å². The fourth-order valence-electron chi connectivity index (χ4n) is 5.03. The Morgan fingerprint density at radius 1 is 1.07 bits per heavy atom. The van der Waals surface area contributed by atoms with Crippen LogP contribution in [0.4, 0.5) is 0 Å². The molecule has 146 valence electrons. The lowest BCUT2D eigenvalue weighted by atomic mass is 9.66. The van der Waals surface area contributed by atoms with Crippen LogP contribution in [0.2, 0.25) is 0 Å². The number of ether oxygens (including phenoxy) is 3. The Morgan fingerprint density at radius 2 is 1.70 bits per heavy atom. The first-order valence-electron chi connectivity index (χ1n) is 9.47. The minimum Gasteiger partial charge on any atom is -0.493 e. The lowest BCUT2D eigenvalue weighted by Crippen LogP contribution is -2.55. The zero-order chi connectivity index (χ0) is 19.6. The predicted octanol–water partition coefficient (Wildman–Crippen LogP) is 2.71. The largest absolute Gasteiger partial charge is 0.493 e. The molecule has 2 fully saturated rings. The number of nitrogens with zero attached hydrogens (tertiary/aromatic N) is 1. The van der Waals surface area contributed by atoms with E-state index in [1.54, 1.807) is 14.2 Å². The van der Waals surface area contributed by atoms with Crippen LogP contribution in [0, 0.1) is 10.8 Å². The Kier molecular flexibility index (Phi) is 3.78. The van der Waals surface area contributed by atoms with Crippen molar-refractivity contribution < 1.29 is 23.8 Å². The molecule has 27 heavy (non-hydrogen) atoms. The van der Waals surface area contributed by atoms with E-state index >= 15 is 0 Å². The van der Waals surface area contributed by atoms with Gasteiger partial charge >= 0.3 is 5.97 Å². The zero-order valence-corrected chi connectivity index (χ0v) is 16.7. The van der Waals surface area contributed by atoms with Gasteiger partial charge in [0.05, 0.1) is 19.6 Å². The van der Waals surface area contributed by atoms with Gasteiger partial charge in [0.25, 0.3) is 5.91 Å². The first-order valence-corrected chi connectivity index (χ1v) is 9.47. The van der Waals surface area contributed by atoms with Crippen LogP contribution in [-0.2, 0) is 27.3 Å². The van der Waals surface area contributed by atoms with Crippen LogP contribution in [0.1, 0.15) is 44.7 Å². The molecular formula is C21H27NO5. The lowest BCUT2D eigenvalue weighted by Gasteiger charge is -2.40. The van der Waals surface area contributed by atoms with Crippen LogP contribution in [-0.4, -0.2) is 43.1 Å². The molecule has 2 atom stereocenters. The van der Waals surface area contributed by atoms with Gasteiger partial charge in [-0.3, -0.25) is 9.59 Å². The normalized spacial score (nSPS) is 30.7. The third kappa shape index (κ3) is 2.13. The van der Waals surface area contributed by atoms with E-state index in [2.05, 4.69) is 0 Å². The smallest absolute Gasteiger partial charge is 0.313 e. The Hall–Kier alpha value is -2.24. The molecule has 6 nitrogen and oxygen atoms in total. The van der Waals surface area contributed by atoms with Gasteiger partial charge in [0.15, 0.2) is 17.1 Å². The van der Waals surface area contributed by atoms with Crippen molar-refractivity contribution in [2.75, 3.05) is 20.8 Å². The van der Waals surface area contributed by atoms with Gasteiger partial charge in [-0.15, -0.1) is 0 Å². The number of hydrogen-bond acceptors (Lipinski definition) is 5. The molecule has 6 heteroatoms. The number of methoxy groups -OCH3 is 2. The highest BCUT2D eigenvalue weighted by atomic mass is 16.6. The summed E-state index contributed by atoms with van der Waals surface area (Å²) in [4.78, 5) is 27.9. The molecule has 3 aliphatic rings. The number of fused-ring (bicyclic) bond motifs is 3. The van der Waals surface area contributed by atoms with E-state index in [4.69, 9.17) is 14.2 Å². The van der Waals surface area contributed by atoms with E-state index in [0.29, 0.717) is 37.4 Å². The van der Waals surface area contributed by atoms with Gasteiger partial charge in [-0.2, -0.15) is 0 Å². The summed E-state index contributed by atoms with van der Waals surface area (Å²) in [5.41, 5.74) is 0.0472. The molecule has 2 heterocycles. The van der Waals surface area contributed by atoms with Crippen molar-refractivity contribution in [2.45, 2.75) is 52.2 Å². The number of hydrogen-bond donors (Lipinski definition) is 0. The second-order valence-electron chi connectivity index (χ2n) is 8.63. The SMILES string of the molecule is COc1cc2c(cc1OC)CN(C(=O)[C@@]13CC[C@@](C)(C(=O)O1)C3(C)C)CC2. The summed E-state index contributed by atoms with van der Waals surface area (Å²) in [5, 5.41) is 0. The van der Waals surface area contributed by atoms with Crippen LogP contribution in [0.3, 0.4) is 0 Å². The van der Waals surface area contributed by atoms with Crippen molar-refractivity contribution in [1.82, 2.24) is 4.90 Å². The first-order chi connectivity index (χ1) is 12.7. The Morgan fingerprint density at radius 3 is 2.22 bits per heavy atom. The molecule has 0 N–H and O–H groups in total. The molecule has 1 saturated carbocycles. The predicted molar refractivity (Wildman–Crippen MR) is 98.6 cm³/mol. The maximum absolute atomic E-state index is 13.6. The molecule has 2 aliphatic heterocycles. The average Bonchev–Trinajstić information content (AvgIpc) is 2.96. The van der Waals surface area contributed by atoms with Crippen LogP contribution < -0.4 is 9.47 Å². The third-order valence-corrected chi connectivity index (χ3v) is 7.43. The number of benzene rings is 1. The average molecular weight is 373 g/mol. The van der Waals surface area contributed by atoms with Gasteiger partial charge in [0.1, 0.15) is 0 Å². The van der Waals surface area contributed by atoms with Crippen LogP contribution >= 0.6 is 0 Å². The maximum Gasteiger partial charge on any atom is 0.313 e. The summed E-state index contributed by atoms with van der Waals surface area (Å²) < 4.78 is 16.6. The second-order valence-corrected chi connectivity index (χ2v) is 8.63. The van der Waals surface area contributed by atoms with Crippen molar-refractivity contribution in [1.29, 1.82) is 0 Å². The summed E-state index contributed by atoms with van der Waals surface area (Å²) in [6, 6.07) is 3.93. The van der Waals surface area contributed by atoms with E-state index in [9.17, 15) is 9.59 Å². The minimum atomic E-state index is -1.05. The Balaban J connectivity index is 1.65. The topological polar surface area (TPSA) is 65.1 Å². The Bertz CT molecular complexity index is 832. The highest BCUT2D eigenvalue weighted by Crippen LogP contribution is 2.66. The van der Waals surface area contributed by atoms with Crippen molar-refractivity contribution in [2.24, 2.45) is 10.8 Å². The molecule has 1 aromatic rings. The molecule has 4 rings (SSSR count). The summed E-state index contributed by atoms with van der Waals surface area (Å²) >= 11 is 0. The number of carbonyl (C=O) groups is 2. The highest BCUT2D eigenvalue weighted by molar-refractivity contribution is 5.96. The monoisotopic (exact) mass is 373 g/mol. The van der Waals surface area contributed by atoms with E-state index in [-0.39, 0.29) is 11.9 Å². The number of amides is 1. The van der Waals surface area contributed by atoms with Crippen molar-refractivity contribution >= 4 is 11.9 Å². The number of rotatable bonds is 3. The molecular weight excluding hydrogens is 346 g/mol. The maximum atomic E-state index is 13.6. The van der Waals surface area contributed by atoms with Gasteiger partial charge in [0, 0.05) is 18.5 Å².